The second-order valence-corrected chi connectivity index (χ2v) is 19.9. The number of unbranched alkanes of at least 4 members (excludes halogenated alkanes) is 3. The number of benzene rings is 1. The van der Waals surface area contributed by atoms with Crippen LogP contribution >= 0.6 is 0 Å². The number of carboxylic acids is 1. The number of aromatic carboxylic acids is 1. The number of alkyl halides is 51. The van der Waals surface area contributed by atoms with Crippen LogP contribution in [0.4, 0.5) is 224 Å². The van der Waals surface area contributed by atoms with Crippen LogP contribution in [0.5, 0.6) is 17.2 Å². The first-order valence-corrected chi connectivity index (χ1v) is 24.3. The van der Waals surface area contributed by atoms with E-state index in [0.717, 1.165) is 0 Å². The summed E-state index contributed by atoms with van der Waals surface area (Å²) in [5.74, 6) is -189. The number of hydrogen-bond donors (Lipinski definition) is 1. The van der Waals surface area contributed by atoms with Gasteiger partial charge in [0.1, 0.15) is 5.56 Å². The molecule has 0 bridgehead atoms. The Morgan fingerprint density at radius 2 is 0.424 bits per heavy atom. The number of hydrogen-bond acceptors (Lipinski definition) is 4. The molecule has 1 N–H and O–H groups in total. The minimum Gasteiger partial charge on any atom is -0.490 e. The molecule has 99 heavy (non-hydrogen) atoms. The summed E-state index contributed by atoms with van der Waals surface area (Å²) in [5.41, 5.74) is -1.71. The van der Waals surface area contributed by atoms with Gasteiger partial charge in [0.25, 0.3) is 0 Å². The monoisotopic (exact) mass is 1590 g/mol. The van der Waals surface area contributed by atoms with Crippen LogP contribution in [0.1, 0.15) is 68.1 Å². The van der Waals surface area contributed by atoms with Crippen molar-refractivity contribution >= 4 is 5.97 Å². The Hall–Kier alpha value is -5.48. The van der Waals surface area contributed by atoms with E-state index >= 15 is 0 Å². The lowest BCUT2D eigenvalue weighted by Crippen LogP contribution is -2.74. The molecule has 0 atom stereocenters. The zero-order chi connectivity index (χ0) is 79.9. The summed E-state index contributed by atoms with van der Waals surface area (Å²) in [5, 5.41) is 9.61. The third-order valence-electron chi connectivity index (χ3n) is 13.1. The first kappa shape index (κ1) is 91.5. The van der Waals surface area contributed by atoms with E-state index < -0.39 is 249 Å². The van der Waals surface area contributed by atoms with Gasteiger partial charge in [-0.2, -0.15) is 224 Å². The molecule has 1 rings (SSSR count). The van der Waals surface area contributed by atoms with Crippen LogP contribution in [-0.2, 0) is 0 Å². The Balaban J connectivity index is 3.88. The fourth-order valence-corrected chi connectivity index (χ4v) is 7.04. The van der Waals surface area contributed by atoms with Crippen molar-refractivity contribution in [3.8, 4) is 17.2 Å². The standard InChI is InChI=1S/C43H27F51O5/c44-20(45,23(50,51)26(56,57)29(62,63)32(68,69)35(74,75)38(80,81)41(86,87)88)9-1-4-12-97-16-8-7-15(19(95)96)17(98-13-5-2-10-21(46,47)24(52,53)27(58,59)30(64,65)33(70,71)36(76,77)39(82,83)42(89,90)91)18(16)99-14-6-3-11-22(48,49)25(54,55)28(60,61)31(66,67)34(72,73)37(78,79)40(84,85)43(92,93)94/h7-8H,1-6,9-14H2,(H,95,96). The van der Waals surface area contributed by atoms with Gasteiger partial charge < -0.3 is 19.3 Å². The lowest BCUT2D eigenvalue weighted by Gasteiger charge is -2.42. The van der Waals surface area contributed by atoms with Crippen molar-refractivity contribution in [1.82, 2.24) is 0 Å². The maximum Gasteiger partial charge on any atom is 0.460 e. The van der Waals surface area contributed by atoms with Crippen LogP contribution < -0.4 is 14.2 Å². The molecule has 1 aromatic rings. The number of carboxylic acid groups (broad SMARTS) is 1. The minimum absolute atomic E-state index is 0.00160. The SMILES string of the molecule is O=C(O)c1ccc(OCCCCC(F)(F)C(F)(F)C(F)(F)C(F)(F)C(F)(F)C(F)(F)C(F)(F)C(F)(F)F)c(OCCCCC(F)(F)C(F)(F)C(F)(F)C(F)(F)C(F)(F)C(F)(F)C(F)(F)C(F)(F)F)c1OCCCCC(F)(F)C(F)(F)C(F)(F)C(F)(F)C(F)(F)C(F)(F)C(F)(F)C(F)(F)F. The molecule has 0 amide bonds. The summed E-state index contributed by atoms with van der Waals surface area (Å²) >= 11 is 0. The largest absolute Gasteiger partial charge is 0.490 e. The molecule has 0 unspecified atom stereocenters. The van der Waals surface area contributed by atoms with E-state index in [1.54, 1.807) is 0 Å². The van der Waals surface area contributed by atoms with E-state index in [1.165, 1.54) is 0 Å². The minimum atomic E-state index is -9.14. The number of ether oxygens (including phenoxy) is 3. The highest BCUT2D eigenvalue weighted by molar-refractivity contribution is 5.92. The van der Waals surface area contributed by atoms with E-state index in [-0.39, 0.29) is 12.1 Å². The maximum absolute atomic E-state index is 14.6. The highest BCUT2D eigenvalue weighted by Crippen LogP contribution is 2.69. The average molecular weight is 1590 g/mol. The topological polar surface area (TPSA) is 65.0 Å². The Bertz CT molecular complexity index is 2910. The molecule has 5 nitrogen and oxygen atoms in total. The summed E-state index contributed by atoms with van der Waals surface area (Å²) in [7, 11) is 0. The summed E-state index contributed by atoms with van der Waals surface area (Å²) in [4.78, 5) is 12.0. The molecular formula is C43H27F51O5. The van der Waals surface area contributed by atoms with E-state index in [9.17, 15) is 234 Å². The molecule has 1 aromatic carbocycles. The van der Waals surface area contributed by atoms with Crippen LogP contribution in [0, 0.1) is 0 Å². The first-order valence-electron chi connectivity index (χ1n) is 24.3. The molecule has 0 saturated carbocycles. The molecule has 0 radical (unpaired) electrons. The highest BCUT2D eigenvalue weighted by Gasteiger charge is 2.98. The van der Waals surface area contributed by atoms with Gasteiger partial charge in [0, 0.05) is 19.3 Å². The van der Waals surface area contributed by atoms with Crippen molar-refractivity contribution < 1.29 is 248 Å². The van der Waals surface area contributed by atoms with E-state index in [2.05, 4.69) is 9.47 Å². The Morgan fingerprint density at radius 3 is 0.626 bits per heavy atom. The summed E-state index contributed by atoms with van der Waals surface area (Å²) in [6.07, 6.45) is -46.3. The van der Waals surface area contributed by atoms with E-state index in [4.69, 9.17) is 4.74 Å². The third-order valence-corrected chi connectivity index (χ3v) is 13.1. The molecule has 0 aliphatic carbocycles. The predicted molar refractivity (Wildman–Crippen MR) is 213 cm³/mol. The van der Waals surface area contributed by atoms with Gasteiger partial charge in [-0.05, 0) is 50.7 Å². The molecule has 0 spiro atoms. The highest BCUT2D eigenvalue weighted by atomic mass is 19.5. The average Bonchev–Trinajstić information content (AvgIpc) is 0.707. The zero-order valence-corrected chi connectivity index (χ0v) is 45.5. The van der Waals surface area contributed by atoms with Gasteiger partial charge in [-0.3, -0.25) is 0 Å². The maximum atomic E-state index is 14.6. The second-order valence-electron chi connectivity index (χ2n) is 19.9. The second kappa shape index (κ2) is 26.7. The van der Waals surface area contributed by atoms with Crippen molar-refractivity contribution in [2.24, 2.45) is 0 Å². The third kappa shape index (κ3) is 14.1. The Labute approximate surface area is 510 Å². The van der Waals surface area contributed by atoms with Gasteiger partial charge in [0.2, 0.25) is 5.75 Å². The van der Waals surface area contributed by atoms with Crippen molar-refractivity contribution in [3.63, 3.8) is 0 Å². The van der Waals surface area contributed by atoms with Crippen molar-refractivity contribution in [2.75, 3.05) is 19.8 Å². The molecular weight excluding hydrogens is 1570 g/mol. The van der Waals surface area contributed by atoms with Crippen molar-refractivity contribution in [3.05, 3.63) is 17.7 Å². The molecule has 0 fully saturated rings. The molecule has 0 aliphatic rings. The summed E-state index contributed by atoms with van der Waals surface area (Å²) in [6, 6.07) is -0.0395. The fourth-order valence-electron chi connectivity index (χ4n) is 7.04. The van der Waals surface area contributed by atoms with Crippen molar-refractivity contribution in [2.45, 2.75) is 201 Å². The van der Waals surface area contributed by atoms with Gasteiger partial charge in [-0.15, -0.1) is 0 Å². The normalized spacial score (nSPS) is 16.0. The number of carbonyl (C=O) groups is 1. The van der Waals surface area contributed by atoms with Crippen LogP contribution in [0.15, 0.2) is 12.1 Å². The number of rotatable bonds is 37. The van der Waals surface area contributed by atoms with Gasteiger partial charge in [-0.25, -0.2) is 4.79 Å². The quantitative estimate of drug-likeness (QED) is 0.0531. The van der Waals surface area contributed by atoms with Crippen LogP contribution in [0.3, 0.4) is 0 Å². The fraction of sp³-hybridized carbons (Fsp3) is 0.837. The molecule has 0 heterocycles. The molecule has 586 valence electrons. The van der Waals surface area contributed by atoms with Gasteiger partial charge in [-0.1, -0.05) is 0 Å². The van der Waals surface area contributed by atoms with Crippen LogP contribution in [-0.4, -0.2) is 174 Å². The smallest absolute Gasteiger partial charge is 0.460 e. The molecule has 0 saturated heterocycles. The van der Waals surface area contributed by atoms with Crippen LogP contribution in [0.2, 0.25) is 0 Å². The number of halogens is 51. The van der Waals surface area contributed by atoms with E-state index in [1.807, 2.05) is 0 Å². The van der Waals surface area contributed by atoms with Gasteiger partial charge >= 0.3 is 149 Å². The van der Waals surface area contributed by atoms with Gasteiger partial charge in [0.05, 0.1) is 19.8 Å². The lowest BCUT2D eigenvalue weighted by molar-refractivity contribution is -0.461. The molecule has 56 heteroatoms. The van der Waals surface area contributed by atoms with E-state index in [0.29, 0.717) is 0 Å². The predicted octanol–water partition coefficient (Wildman–Crippen LogP) is 21.1. The summed E-state index contributed by atoms with van der Waals surface area (Å²) in [6.45, 7) is -5.64. The van der Waals surface area contributed by atoms with Crippen molar-refractivity contribution in [1.29, 1.82) is 0 Å². The van der Waals surface area contributed by atoms with Gasteiger partial charge in [0.15, 0.2) is 11.5 Å². The Kier molecular flexibility index (Phi) is 24.6. The first-order chi connectivity index (χ1) is 42.8. The lowest BCUT2D eigenvalue weighted by atomic mass is 9.88. The summed E-state index contributed by atoms with van der Waals surface area (Å²) < 4.78 is 712. The zero-order valence-electron chi connectivity index (χ0n) is 45.5. The Morgan fingerprint density at radius 1 is 0.242 bits per heavy atom. The molecule has 0 aliphatic heterocycles. The molecule has 0 aromatic heterocycles. The van der Waals surface area contributed by atoms with Crippen LogP contribution in [0.25, 0.3) is 0 Å².